The summed E-state index contributed by atoms with van der Waals surface area (Å²) >= 11 is 9.29. The van der Waals surface area contributed by atoms with Crippen LogP contribution in [-0.2, 0) is 0 Å². The van der Waals surface area contributed by atoms with E-state index in [4.69, 9.17) is 12.6 Å². The summed E-state index contributed by atoms with van der Waals surface area (Å²) in [4.78, 5) is 2.57. The normalized spacial score (nSPS) is 13.0. The summed E-state index contributed by atoms with van der Waals surface area (Å²) < 4.78 is 0.133. The first-order chi connectivity index (χ1) is 11.1. The van der Waals surface area contributed by atoms with Gasteiger partial charge in [0.1, 0.15) is 0 Å². The molecule has 1 N–H and O–H groups in total. The molecule has 0 spiro atoms. The first-order valence-electron chi connectivity index (χ1n) is 10.0. The number of nitrogens with zero attached hydrogens (tertiary/aromatic N) is 1. The van der Waals surface area contributed by atoms with Crippen LogP contribution in [0.1, 0.15) is 86.0 Å². The zero-order valence-corrected chi connectivity index (χ0v) is 18.8. The van der Waals surface area contributed by atoms with Crippen LogP contribution in [0.2, 0.25) is 0 Å². The zero-order valence-electron chi connectivity index (χ0n) is 17.0. The van der Waals surface area contributed by atoms with E-state index in [0.29, 0.717) is 0 Å². The fraction of sp³-hybridized carbons (Fsp3) is 1.00. The molecule has 0 rings (SSSR count). The van der Waals surface area contributed by atoms with Gasteiger partial charge >= 0.3 is 0 Å². The van der Waals surface area contributed by atoms with E-state index < -0.39 is 0 Å². The highest BCUT2D eigenvalue weighted by atomic mass is 32.1. The summed E-state index contributed by atoms with van der Waals surface area (Å²) in [6, 6.07) is 0. The highest BCUT2D eigenvalue weighted by molar-refractivity contribution is 7.82. The number of hydrogen-bond acceptors (Lipinski definition) is 4. The van der Waals surface area contributed by atoms with Crippen molar-refractivity contribution in [3.8, 4) is 0 Å². The van der Waals surface area contributed by atoms with Gasteiger partial charge in [-0.25, -0.2) is 0 Å². The molecular weight excluding hydrogens is 332 g/mol. The minimum absolute atomic E-state index is 0.0609. The smallest absolute Gasteiger partial charge is 0.0200 e. The van der Waals surface area contributed by atoms with Crippen LogP contribution in [-0.4, -0.2) is 47.1 Å². The molecule has 0 radical (unpaired) electrons. The first-order valence-corrected chi connectivity index (χ1v) is 10.9. The van der Waals surface area contributed by atoms with E-state index in [0.717, 1.165) is 26.2 Å². The molecule has 0 aromatic carbocycles. The van der Waals surface area contributed by atoms with Gasteiger partial charge in [0.15, 0.2) is 0 Å². The highest BCUT2D eigenvalue weighted by Crippen LogP contribution is 2.15. The van der Waals surface area contributed by atoms with E-state index in [1.54, 1.807) is 0 Å². The molecule has 2 nitrogen and oxygen atoms in total. The van der Waals surface area contributed by atoms with Crippen molar-refractivity contribution in [2.24, 2.45) is 0 Å². The lowest BCUT2D eigenvalue weighted by Gasteiger charge is -2.30. The van der Waals surface area contributed by atoms with Crippen molar-refractivity contribution in [3.63, 3.8) is 0 Å². The summed E-state index contributed by atoms with van der Waals surface area (Å²) in [5, 5.41) is 3.53. The van der Waals surface area contributed by atoms with Crippen LogP contribution >= 0.6 is 25.3 Å². The molecule has 0 saturated carbocycles. The Bertz CT molecular complexity index is 282. The molecule has 4 heteroatoms. The van der Waals surface area contributed by atoms with Crippen molar-refractivity contribution in [2.45, 2.75) is 95.5 Å². The molecule has 0 unspecified atom stereocenters. The Labute approximate surface area is 163 Å². The van der Waals surface area contributed by atoms with Crippen LogP contribution in [0.4, 0.5) is 0 Å². The van der Waals surface area contributed by atoms with Crippen molar-refractivity contribution >= 4 is 25.3 Å². The Balaban J connectivity index is 3.88. The van der Waals surface area contributed by atoms with Crippen molar-refractivity contribution in [3.05, 3.63) is 0 Å². The summed E-state index contributed by atoms with van der Waals surface area (Å²) in [5.41, 5.74) is 0. The molecule has 0 aliphatic heterocycles. The van der Waals surface area contributed by atoms with E-state index in [-0.39, 0.29) is 9.49 Å². The molecule has 0 aromatic rings. The third kappa shape index (κ3) is 19.0. The maximum atomic E-state index is 4.72. The largest absolute Gasteiger partial charge is 0.314 e. The van der Waals surface area contributed by atoms with Gasteiger partial charge in [-0.15, -0.1) is 0 Å². The van der Waals surface area contributed by atoms with Gasteiger partial charge < -0.3 is 10.2 Å². The average molecular weight is 377 g/mol. The minimum Gasteiger partial charge on any atom is -0.314 e. The summed E-state index contributed by atoms with van der Waals surface area (Å²) in [6.45, 7) is 16.3. The molecule has 0 bridgehead atoms. The summed E-state index contributed by atoms with van der Waals surface area (Å²) in [7, 11) is 0. The SMILES string of the molecule is CCCCCCCCCCN(CCNCC(C)(C)S)CC(C)(C)S. The number of unbranched alkanes of at least 4 members (excludes halogenated alkanes) is 7. The van der Waals surface area contributed by atoms with E-state index in [9.17, 15) is 0 Å². The number of nitrogens with one attached hydrogen (secondary N) is 1. The number of hydrogen-bond donors (Lipinski definition) is 3. The van der Waals surface area contributed by atoms with Crippen molar-refractivity contribution in [1.29, 1.82) is 0 Å². The lowest BCUT2D eigenvalue weighted by molar-refractivity contribution is 0.249. The van der Waals surface area contributed by atoms with Gasteiger partial charge in [0, 0.05) is 35.7 Å². The molecule has 0 fully saturated rings. The second-order valence-electron chi connectivity index (χ2n) is 8.55. The van der Waals surface area contributed by atoms with Crippen LogP contribution in [0.3, 0.4) is 0 Å². The van der Waals surface area contributed by atoms with Crippen LogP contribution in [0.15, 0.2) is 0 Å². The fourth-order valence-electron chi connectivity index (χ4n) is 2.92. The quantitative estimate of drug-likeness (QED) is 0.246. The third-order valence-electron chi connectivity index (χ3n) is 4.10. The molecule has 0 aliphatic carbocycles. The predicted molar refractivity (Wildman–Crippen MR) is 118 cm³/mol. The van der Waals surface area contributed by atoms with Gasteiger partial charge in [-0.1, -0.05) is 51.9 Å². The zero-order chi connectivity index (χ0) is 18.5. The maximum Gasteiger partial charge on any atom is 0.0200 e. The van der Waals surface area contributed by atoms with E-state index >= 15 is 0 Å². The Morgan fingerprint density at radius 2 is 1.29 bits per heavy atom. The Kier molecular flexibility index (Phi) is 14.1. The lowest BCUT2D eigenvalue weighted by atomic mass is 10.1. The van der Waals surface area contributed by atoms with Crippen LogP contribution in [0, 0.1) is 0 Å². The average Bonchev–Trinajstić information content (AvgIpc) is 2.43. The van der Waals surface area contributed by atoms with Gasteiger partial charge in [0.2, 0.25) is 0 Å². The van der Waals surface area contributed by atoms with Crippen LogP contribution in [0.25, 0.3) is 0 Å². The molecule has 24 heavy (non-hydrogen) atoms. The van der Waals surface area contributed by atoms with Crippen LogP contribution < -0.4 is 5.32 Å². The molecular formula is C20H44N2S2. The molecule has 0 aliphatic rings. The van der Waals surface area contributed by atoms with Crippen molar-refractivity contribution in [1.82, 2.24) is 10.2 Å². The number of rotatable bonds is 16. The van der Waals surface area contributed by atoms with Gasteiger partial charge in [-0.05, 0) is 40.7 Å². The van der Waals surface area contributed by atoms with Crippen molar-refractivity contribution < 1.29 is 0 Å². The Hall–Kier alpha value is 0.620. The van der Waals surface area contributed by atoms with Crippen molar-refractivity contribution in [2.75, 3.05) is 32.7 Å². The molecule has 0 aromatic heterocycles. The molecule has 0 atom stereocenters. The molecule has 0 saturated heterocycles. The van der Waals surface area contributed by atoms with E-state index in [1.165, 1.54) is 57.9 Å². The predicted octanol–water partition coefficient (Wildman–Crippen LogP) is 5.44. The van der Waals surface area contributed by atoms with Crippen LogP contribution in [0.5, 0.6) is 0 Å². The van der Waals surface area contributed by atoms with Gasteiger partial charge in [-0.2, -0.15) is 25.3 Å². The van der Waals surface area contributed by atoms with E-state index in [2.05, 4.69) is 57.5 Å². The second-order valence-corrected chi connectivity index (χ2v) is 11.0. The standard InChI is InChI=1S/C20H44N2S2/c1-6-7-8-9-10-11-12-13-15-22(18-20(4,5)24)16-14-21-17-19(2,3)23/h21,23-24H,6-18H2,1-5H3. The maximum absolute atomic E-state index is 4.72. The monoisotopic (exact) mass is 376 g/mol. The van der Waals surface area contributed by atoms with E-state index in [1.807, 2.05) is 0 Å². The van der Waals surface area contributed by atoms with Gasteiger partial charge in [0.25, 0.3) is 0 Å². The third-order valence-corrected chi connectivity index (χ3v) is 4.40. The first kappa shape index (κ1) is 24.6. The second kappa shape index (κ2) is 13.8. The van der Waals surface area contributed by atoms with Gasteiger partial charge in [0.05, 0.1) is 0 Å². The fourth-order valence-corrected chi connectivity index (χ4v) is 3.23. The molecule has 0 amide bonds. The minimum atomic E-state index is 0.0609. The Morgan fingerprint density at radius 1 is 0.750 bits per heavy atom. The lowest BCUT2D eigenvalue weighted by Crippen LogP contribution is -2.41. The highest BCUT2D eigenvalue weighted by Gasteiger charge is 2.17. The summed E-state index contributed by atoms with van der Waals surface area (Å²) in [5.74, 6) is 0. The topological polar surface area (TPSA) is 15.3 Å². The molecule has 0 heterocycles. The van der Waals surface area contributed by atoms with Gasteiger partial charge in [-0.3, -0.25) is 0 Å². The Morgan fingerprint density at radius 3 is 1.79 bits per heavy atom. The molecule has 146 valence electrons. The number of thiol groups is 2. The summed E-state index contributed by atoms with van der Waals surface area (Å²) in [6.07, 6.45) is 11.1.